The summed E-state index contributed by atoms with van der Waals surface area (Å²) < 4.78 is 11.4. The quantitative estimate of drug-likeness (QED) is 0.388. The number of carbonyl (C=O) groups is 2. The second-order valence-electron chi connectivity index (χ2n) is 10.3. The van der Waals surface area contributed by atoms with Crippen LogP contribution in [0.15, 0.2) is 83.5 Å². The van der Waals surface area contributed by atoms with Gasteiger partial charge in [0.15, 0.2) is 0 Å². The van der Waals surface area contributed by atoms with Crippen LogP contribution in [0.2, 0.25) is 0 Å². The van der Waals surface area contributed by atoms with Gasteiger partial charge in [0.25, 0.3) is 0 Å². The fraction of sp³-hybridized carbons (Fsp3) is 0.419. The molecule has 1 atom stereocenters. The molecule has 7 heteroatoms. The number of likely N-dealkylation sites (tertiary alicyclic amines) is 1. The Labute approximate surface area is 224 Å². The molecule has 2 saturated heterocycles. The second kappa shape index (κ2) is 12.4. The maximum absolute atomic E-state index is 13.7. The van der Waals surface area contributed by atoms with E-state index in [2.05, 4.69) is 34.5 Å². The predicted octanol–water partition coefficient (Wildman–Crippen LogP) is 4.18. The number of amides is 2. The van der Waals surface area contributed by atoms with Crippen LogP contribution >= 0.6 is 0 Å². The minimum absolute atomic E-state index is 0.0827. The summed E-state index contributed by atoms with van der Waals surface area (Å²) >= 11 is 0. The average molecular weight is 516 g/mol. The molecular formula is C31H37N3O4. The molecule has 1 unspecified atom stereocenters. The summed E-state index contributed by atoms with van der Waals surface area (Å²) in [5.41, 5.74) is 1.54. The molecule has 0 saturated carbocycles. The zero-order chi connectivity index (χ0) is 26.2. The molecule has 1 spiro atoms. The number of hydrogen-bond donors (Lipinski definition) is 1. The van der Waals surface area contributed by atoms with Crippen molar-refractivity contribution in [3.63, 3.8) is 0 Å². The minimum Gasteiger partial charge on any atom is -0.467 e. The zero-order valence-corrected chi connectivity index (χ0v) is 21.9. The van der Waals surface area contributed by atoms with E-state index in [9.17, 15) is 9.59 Å². The van der Waals surface area contributed by atoms with Gasteiger partial charge in [-0.25, -0.2) is 0 Å². The van der Waals surface area contributed by atoms with Crippen molar-refractivity contribution in [3.8, 4) is 0 Å². The third-order valence-corrected chi connectivity index (χ3v) is 7.81. The molecule has 1 N–H and O–H groups in total. The first-order valence-corrected chi connectivity index (χ1v) is 13.7. The Hall–Kier alpha value is -3.42. The van der Waals surface area contributed by atoms with Crippen LogP contribution in [0.25, 0.3) is 0 Å². The van der Waals surface area contributed by atoms with Gasteiger partial charge < -0.3 is 24.3 Å². The number of furan rings is 1. The van der Waals surface area contributed by atoms with Gasteiger partial charge in [-0.15, -0.1) is 0 Å². The van der Waals surface area contributed by atoms with Crippen LogP contribution in [0.3, 0.4) is 0 Å². The zero-order valence-electron chi connectivity index (χ0n) is 21.9. The Kier molecular flexibility index (Phi) is 8.56. The van der Waals surface area contributed by atoms with Gasteiger partial charge in [0.2, 0.25) is 11.8 Å². The fourth-order valence-corrected chi connectivity index (χ4v) is 5.60. The first-order chi connectivity index (χ1) is 18.6. The molecule has 0 aliphatic carbocycles. The Morgan fingerprint density at radius 2 is 1.61 bits per heavy atom. The topological polar surface area (TPSA) is 75.0 Å². The standard InChI is InChI=1S/C31H37N3O4/c35-29-28(24-37-23-26-13-5-2-6-14-26)32-30(36)31(34(29)22-27-15-9-21-38-27)16-19-33(20-17-31)18-8-7-12-25-10-3-1-4-11-25/h1-6,9-11,13-15,21,28H,7-8,12,16-20,22-24H2,(H,32,36). The lowest BCUT2D eigenvalue weighted by Crippen LogP contribution is -2.73. The van der Waals surface area contributed by atoms with Gasteiger partial charge in [-0.05, 0) is 61.9 Å². The van der Waals surface area contributed by atoms with E-state index in [1.54, 1.807) is 11.2 Å². The summed E-state index contributed by atoms with van der Waals surface area (Å²) in [5.74, 6) is 0.491. The largest absolute Gasteiger partial charge is 0.467 e. The molecule has 2 amide bonds. The summed E-state index contributed by atoms with van der Waals surface area (Å²) in [6, 6.07) is 23.4. The third kappa shape index (κ3) is 6.17. The van der Waals surface area contributed by atoms with Crippen molar-refractivity contribution >= 4 is 11.8 Å². The number of hydrogen-bond acceptors (Lipinski definition) is 5. The SMILES string of the molecule is O=C1C(COCc2ccccc2)NC(=O)C2(CCN(CCCCc3ccccc3)CC2)N1Cc1ccco1. The molecule has 1 aromatic heterocycles. The van der Waals surface area contributed by atoms with E-state index >= 15 is 0 Å². The molecule has 3 heterocycles. The number of piperidine rings is 1. The normalized spacial score (nSPS) is 19.6. The highest BCUT2D eigenvalue weighted by atomic mass is 16.5. The number of aryl methyl sites for hydroxylation is 1. The van der Waals surface area contributed by atoms with Crippen LogP contribution in [0.5, 0.6) is 0 Å². The smallest absolute Gasteiger partial charge is 0.248 e. The minimum atomic E-state index is -0.861. The van der Waals surface area contributed by atoms with Crippen molar-refractivity contribution in [3.05, 3.63) is 95.9 Å². The monoisotopic (exact) mass is 515 g/mol. The van der Waals surface area contributed by atoms with Crippen LogP contribution in [0.1, 0.15) is 42.6 Å². The molecule has 7 nitrogen and oxygen atoms in total. The number of benzene rings is 2. The summed E-state index contributed by atoms with van der Waals surface area (Å²) in [6.07, 6.45) is 6.17. The maximum Gasteiger partial charge on any atom is 0.248 e. The first kappa shape index (κ1) is 26.2. The third-order valence-electron chi connectivity index (χ3n) is 7.81. The van der Waals surface area contributed by atoms with Crippen molar-refractivity contribution in [2.45, 2.75) is 56.8 Å². The lowest BCUT2D eigenvalue weighted by molar-refractivity contribution is -0.164. The summed E-state index contributed by atoms with van der Waals surface area (Å²) in [5, 5.41) is 3.00. The van der Waals surface area contributed by atoms with E-state index in [0.717, 1.165) is 44.5 Å². The van der Waals surface area contributed by atoms with Crippen molar-refractivity contribution in [2.75, 3.05) is 26.2 Å². The van der Waals surface area contributed by atoms with Crippen LogP contribution in [0, 0.1) is 0 Å². The molecule has 5 rings (SSSR count). The molecule has 2 aromatic carbocycles. The molecule has 200 valence electrons. The van der Waals surface area contributed by atoms with E-state index in [1.165, 1.54) is 5.56 Å². The summed E-state index contributed by atoms with van der Waals surface area (Å²) in [4.78, 5) is 31.5. The van der Waals surface area contributed by atoms with Crippen molar-refractivity contribution in [1.29, 1.82) is 0 Å². The first-order valence-electron chi connectivity index (χ1n) is 13.7. The number of unbranched alkanes of at least 4 members (excludes halogenated alkanes) is 1. The molecule has 2 aliphatic rings. The Bertz CT molecular complexity index is 1160. The fourth-order valence-electron chi connectivity index (χ4n) is 5.60. The number of nitrogens with one attached hydrogen (secondary N) is 1. The number of piperazine rings is 1. The van der Waals surface area contributed by atoms with Crippen molar-refractivity contribution < 1.29 is 18.7 Å². The molecule has 0 bridgehead atoms. The van der Waals surface area contributed by atoms with Gasteiger partial charge in [-0.2, -0.15) is 0 Å². The maximum atomic E-state index is 13.7. The van der Waals surface area contributed by atoms with Gasteiger partial charge in [0, 0.05) is 13.1 Å². The van der Waals surface area contributed by atoms with Crippen LogP contribution < -0.4 is 5.32 Å². The van der Waals surface area contributed by atoms with Gasteiger partial charge in [0.1, 0.15) is 17.3 Å². The van der Waals surface area contributed by atoms with Crippen LogP contribution in [0.4, 0.5) is 0 Å². The van der Waals surface area contributed by atoms with E-state index in [1.807, 2.05) is 48.5 Å². The Morgan fingerprint density at radius 3 is 2.29 bits per heavy atom. The number of carbonyl (C=O) groups excluding carboxylic acids is 2. The molecule has 3 aromatic rings. The van der Waals surface area contributed by atoms with Gasteiger partial charge in [0.05, 0.1) is 26.0 Å². The van der Waals surface area contributed by atoms with Gasteiger partial charge in [-0.3, -0.25) is 9.59 Å². The van der Waals surface area contributed by atoms with E-state index < -0.39 is 11.6 Å². The average Bonchev–Trinajstić information content (AvgIpc) is 3.47. The molecule has 2 fully saturated rings. The summed E-state index contributed by atoms with van der Waals surface area (Å²) in [6.45, 7) is 3.39. The van der Waals surface area contributed by atoms with E-state index in [4.69, 9.17) is 9.15 Å². The van der Waals surface area contributed by atoms with Gasteiger partial charge >= 0.3 is 0 Å². The van der Waals surface area contributed by atoms with E-state index in [0.29, 0.717) is 25.2 Å². The number of nitrogens with zero attached hydrogens (tertiary/aromatic N) is 2. The molecule has 0 radical (unpaired) electrons. The summed E-state index contributed by atoms with van der Waals surface area (Å²) in [7, 11) is 0. The van der Waals surface area contributed by atoms with Crippen LogP contribution in [-0.2, 0) is 33.9 Å². The Morgan fingerprint density at radius 1 is 0.895 bits per heavy atom. The molecule has 2 aliphatic heterocycles. The van der Waals surface area contributed by atoms with Gasteiger partial charge in [-0.1, -0.05) is 60.7 Å². The molecule has 38 heavy (non-hydrogen) atoms. The lowest BCUT2D eigenvalue weighted by Gasteiger charge is -2.51. The predicted molar refractivity (Wildman–Crippen MR) is 145 cm³/mol. The highest BCUT2D eigenvalue weighted by Gasteiger charge is 2.53. The van der Waals surface area contributed by atoms with E-state index in [-0.39, 0.29) is 25.0 Å². The Balaban J connectivity index is 1.19. The highest BCUT2D eigenvalue weighted by molar-refractivity contribution is 6.00. The highest BCUT2D eigenvalue weighted by Crippen LogP contribution is 2.34. The van der Waals surface area contributed by atoms with Crippen LogP contribution in [-0.4, -0.2) is 59.4 Å². The number of ether oxygens (including phenoxy) is 1. The van der Waals surface area contributed by atoms with Crippen molar-refractivity contribution in [2.24, 2.45) is 0 Å². The second-order valence-corrected chi connectivity index (χ2v) is 10.3. The molecular weight excluding hydrogens is 478 g/mol. The van der Waals surface area contributed by atoms with Crippen molar-refractivity contribution in [1.82, 2.24) is 15.1 Å². The number of rotatable bonds is 11. The lowest BCUT2D eigenvalue weighted by atomic mass is 9.81.